The van der Waals surface area contributed by atoms with Crippen molar-refractivity contribution in [1.29, 1.82) is 0 Å². The Morgan fingerprint density at radius 1 is 0.935 bits per heavy atom. The minimum absolute atomic E-state index is 0.0733. The fourth-order valence-electron chi connectivity index (χ4n) is 4.17. The highest BCUT2D eigenvalue weighted by atomic mass is 35.5. The van der Waals surface area contributed by atoms with E-state index in [1.165, 1.54) is 0 Å². The molecule has 1 aliphatic heterocycles. The molecule has 0 saturated carbocycles. The summed E-state index contributed by atoms with van der Waals surface area (Å²) in [6.07, 6.45) is 3.90. The van der Waals surface area contributed by atoms with Crippen molar-refractivity contribution in [3.05, 3.63) is 113 Å². The van der Waals surface area contributed by atoms with Crippen molar-refractivity contribution in [1.82, 2.24) is 14.9 Å². The van der Waals surface area contributed by atoms with E-state index in [0.717, 1.165) is 33.3 Å². The van der Waals surface area contributed by atoms with Gasteiger partial charge in [-0.3, -0.25) is 4.98 Å². The first-order chi connectivity index (χ1) is 15.1. The SMILES string of the molecule is Cc1cc(-n2cccc2[C@@H]2[C@H](c3ccccn3)NC(=S)N2c2ccccc2)ccc1Cl. The summed E-state index contributed by atoms with van der Waals surface area (Å²) < 4.78 is 2.20. The molecule has 4 nitrogen and oxygen atoms in total. The van der Waals surface area contributed by atoms with Crippen molar-refractivity contribution in [2.24, 2.45) is 0 Å². The lowest BCUT2D eigenvalue weighted by molar-refractivity contribution is 0.549. The number of anilines is 1. The summed E-state index contributed by atoms with van der Waals surface area (Å²) in [7, 11) is 0. The van der Waals surface area contributed by atoms with Crippen LogP contribution in [0.4, 0.5) is 5.69 Å². The van der Waals surface area contributed by atoms with Crippen LogP contribution >= 0.6 is 23.8 Å². The van der Waals surface area contributed by atoms with E-state index in [0.29, 0.717) is 5.11 Å². The quantitative estimate of drug-likeness (QED) is 0.391. The molecule has 31 heavy (non-hydrogen) atoms. The lowest BCUT2D eigenvalue weighted by Crippen LogP contribution is -2.30. The van der Waals surface area contributed by atoms with Crippen molar-refractivity contribution in [3.8, 4) is 5.69 Å². The highest BCUT2D eigenvalue weighted by molar-refractivity contribution is 7.80. The number of nitrogens with zero attached hydrogens (tertiary/aromatic N) is 3. The van der Waals surface area contributed by atoms with E-state index in [2.05, 4.69) is 56.3 Å². The summed E-state index contributed by atoms with van der Waals surface area (Å²) in [5.41, 5.74) is 5.22. The maximum atomic E-state index is 6.28. The van der Waals surface area contributed by atoms with Crippen molar-refractivity contribution < 1.29 is 0 Å². The van der Waals surface area contributed by atoms with Crippen LogP contribution in [0.2, 0.25) is 5.02 Å². The third-order valence-corrected chi connectivity index (χ3v) is 6.37. The predicted octanol–water partition coefficient (Wildman–Crippen LogP) is 6.01. The Morgan fingerprint density at radius 3 is 2.48 bits per heavy atom. The van der Waals surface area contributed by atoms with Crippen LogP contribution in [0.3, 0.4) is 0 Å². The molecule has 0 bridgehead atoms. The average molecular weight is 445 g/mol. The van der Waals surface area contributed by atoms with Gasteiger partial charge in [0.2, 0.25) is 0 Å². The van der Waals surface area contributed by atoms with Crippen molar-refractivity contribution >= 4 is 34.6 Å². The van der Waals surface area contributed by atoms with Crippen LogP contribution in [-0.4, -0.2) is 14.7 Å². The van der Waals surface area contributed by atoms with Crippen molar-refractivity contribution in [3.63, 3.8) is 0 Å². The van der Waals surface area contributed by atoms with Crippen LogP contribution in [-0.2, 0) is 0 Å². The molecule has 0 unspecified atom stereocenters. The first kappa shape index (κ1) is 19.8. The number of halogens is 1. The van der Waals surface area contributed by atoms with Crippen LogP contribution in [0, 0.1) is 6.92 Å². The Hall–Kier alpha value is -3.15. The van der Waals surface area contributed by atoms with E-state index < -0.39 is 0 Å². The van der Waals surface area contributed by atoms with Crippen molar-refractivity contribution in [2.45, 2.75) is 19.0 Å². The molecule has 1 fully saturated rings. The minimum atomic E-state index is -0.0871. The molecule has 1 saturated heterocycles. The zero-order chi connectivity index (χ0) is 21.4. The Bertz CT molecular complexity index is 1220. The first-order valence-electron chi connectivity index (χ1n) is 10.1. The standard InChI is InChI=1S/C25H21ClN4S/c1-17-16-19(12-13-20(17)26)29-15-7-11-22(29)24-23(21-10-5-6-14-27-21)28-25(31)30(24)18-8-3-2-4-9-18/h2-16,23-24H,1H3,(H,28,31)/t23-,24+/m0/s1. The fraction of sp³-hybridized carbons (Fsp3) is 0.120. The second kappa shape index (κ2) is 8.17. The van der Waals surface area contributed by atoms with Crippen LogP contribution in [0.5, 0.6) is 0 Å². The molecule has 0 aliphatic carbocycles. The summed E-state index contributed by atoms with van der Waals surface area (Å²) in [5.74, 6) is 0. The van der Waals surface area contributed by atoms with E-state index in [9.17, 15) is 0 Å². The molecule has 1 N–H and O–H groups in total. The van der Waals surface area contributed by atoms with Gasteiger partial charge in [0.05, 0.1) is 11.7 Å². The van der Waals surface area contributed by atoms with Gasteiger partial charge in [0.1, 0.15) is 6.04 Å². The summed E-state index contributed by atoms with van der Waals surface area (Å²) in [6, 6.07) is 26.4. The predicted molar refractivity (Wildman–Crippen MR) is 130 cm³/mol. The minimum Gasteiger partial charge on any atom is -0.351 e. The Labute approximate surface area is 192 Å². The van der Waals surface area contributed by atoms with Gasteiger partial charge < -0.3 is 14.8 Å². The molecular formula is C25H21ClN4S. The molecule has 0 amide bonds. The van der Waals surface area contributed by atoms with E-state index in [4.69, 9.17) is 23.8 Å². The molecule has 3 heterocycles. The van der Waals surface area contributed by atoms with Gasteiger partial charge in [-0.05, 0) is 79.3 Å². The first-order valence-corrected chi connectivity index (χ1v) is 10.9. The van der Waals surface area contributed by atoms with Crippen LogP contribution < -0.4 is 10.2 Å². The highest BCUT2D eigenvalue weighted by Crippen LogP contribution is 2.42. The van der Waals surface area contributed by atoms with Gasteiger partial charge in [-0.1, -0.05) is 35.9 Å². The Kier molecular flexibility index (Phi) is 5.22. The largest absolute Gasteiger partial charge is 0.351 e. The third kappa shape index (κ3) is 3.60. The summed E-state index contributed by atoms with van der Waals surface area (Å²) in [5, 5.41) is 4.97. The molecule has 1 aliphatic rings. The number of aryl methyl sites for hydroxylation is 1. The van der Waals surface area contributed by atoms with E-state index in [1.807, 2.05) is 61.7 Å². The molecule has 2 aromatic heterocycles. The number of thiocarbonyl (C=S) groups is 1. The summed E-state index contributed by atoms with van der Waals surface area (Å²) >= 11 is 12.1. The lowest BCUT2D eigenvalue weighted by atomic mass is 10.0. The lowest BCUT2D eigenvalue weighted by Gasteiger charge is -2.29. The van der Waals surface area contributed by atoms with Gasteiger partial charge in [-0.25, -0.2) is 0 Å². The molecule has 154 valence electrons. The maximum Gasteiger partial charge on any atom is 0.174 e. The van der Waals surface area contributed by atoms with Gasteiger partial charge in [-0.2, -0.15) is 0 Å². The van der Waals surface area contributed by atoms with E-state index in [1.54, 1.807) is 0 Å². The second-order valence-electron chi connectivity index (χ2n) is 7.57. The zero-order valence-corrected chi connectivity index (χ0v) is 18.5. The Morgan fingerprint density at radius 2 is 1.74 bits per heavy atom. The fourth-order valence-corrected chi connectivity index (χ4v) is 4.63. The van der Waals surface area contributed by atoms with Gasteiger partial charge in [0.25, 0.3) is 0 Å². The number of nitrogens with one attached hydrogen (secondary N) is 1. The monoisotopic (exact) mass is 444 g/mol. The summed E-state index contributed by atoms with van der Waals surface area (Å²) in [4.78, 5) is 6.82. The van der Waals surface area contributed by atoms with Gasteiger partial charge in [0, 0.05) is 34.5 Å². The number of hydrogen-bond acceptors (Lipinski definition) is 2. The highest BCUT2D eigenvalue weighted by Gasteiger charge is 2.42. The molecule has 0 spiro atoms. The number of hydrogen-bond donors (Lipinski definition) is 1. The molecule has 2 atom stereocenters. The van der Waals surface area contributed by atoms with E-state index in [-0.39, 0.29) is 12.1 Å². The molecule has 2 aromatic carbocycles. The zero-order valence-electron chi connectivity index (χ0n) is 16.9. The molecule has 0 radical (unpaired) electrons. The van der Waals surface area contributed by atoms with Gasteiger partial charge >= 0.3 is 0 Å². The smallest absolute Gasteiger partial charge is 0.174 e. The van der Waals surface area contributed by atoms with Crippen LogP contribution in [0.1, 0.15) is 29.0 Å². The molecular weight excluding hydrogens is 424 g/mol. The maximum absolute atomic E-state index is 6.28. The van der Waals surface area contributed by atoms with Crippen LogP contribution in [0.25, 0.3) is 5.69 Å². The van der Waals surface area contributed by atoms with Crippen LogP contribution in [0.15, 0.2) is 91.3 Å². The normalized spacial score (nSPS) is 18.3. The molecule has 5 rings (SSSR count). The summed E-state index contributed by atoms with van der Waals surface area (Å²) in [6.45, 7) is 2.02. The number of rotatable bonds is 4. The third-order valence-electron chi connectivity index (χ3n) is 5.64. The number of benzene rings is 2. The van der Waals surface area contributed by atoms with Gasteiger partial charge in [-0.15, -0.1) is 0 Å². The number of para-hydroxylation sites is 1. The number of aromatic nitrogens is 2. The molecule has 4 aromatic rings. The second-order valence-corrected chi connectivity index (χ2v) is 8.36. The van der Waals surface area contributed by atoms with Gasteiger partial charge in [0.15, 0.2) is 5.11 Å². The van der Waals surface area contributed by atoms with E-state index >= 15 is 0 Å². The number of pyridine rings is 1. The topological polar surface area (TPSA) is 33.1 Å². The average Bonchev–Trinajstić information content (AvgIpc) is 3.41. The van der Waals surface area contributed by atoms with Crippen molar-refractivity contribution in [2.75, 3.05) is 4.90 Å². The molecule has 6 heteroatoms. The Balaban J connectivity index is 1.67.